The molecular weight excluding hydrogens is 234 g/mol. The van der Waals surface area contributed by atoms with Gasteiger partial charge in [-0.25, -0.2) is 0 Å². The van der Waals surface area contributed by atoms with Gasteiger partial charge in [0.1, 0.15) is 5.75 Å². The highest BCUT2D eigenvalue weighted by atomic mass is 16.3. The van der Waals surface area contributed by atoms with Gasteiger partial charge in [-0.2, -0.15) is 0 Å². The maximum Gasteiger partial charge on any atom is 0.115 e. The number of aromatic nitrogens is 1. The first-order valence-electron chi connectivity index (χ1n) is 6.13. The molecule has 0 atom stereocenters. The van der Waals surface area contributed by atoms with Crippen molar-refractivity contribution in [1.82, 2.24) is 4.98 Å². The van der Waals surface area contributed by atoms with E-state index in [-0.39, 0.29) is 5.75 Å². The zero-order valence-corrected chi connectivity index (χ0v) is 10.3. The first-order chi connectivity index (χ1) is 9.34. The smallest absolute Gasteiger partial charge is 0.115 e. The molecule has 92 valence electrons. The van der Waals surface area contributed by atoms with Crippen LogP contribution in [0.2, 0.25) is 0 Å². The van der Waals surface area contributed by atoms with E-state index in [2.05, 4.69) is 17.1 Å². The van der Waals surface area contributed by atoms with E-state index < -0.39 is 0 Å². The van der Waals surface area contributed by atoms with E-state index in [4.69, 9.17) is 0 Å². The summed E-state index contributed by atoms with van der Waals surface area (Å²) in [5.41, 5.74) is 4.54. The number of nitrogens with zero attached hydrogens (tertiary/aromatic N) is 1. The number of hydrogen-bond donors (Lipinski definition) is 1. The van der Waals surface area contributed by atoms with Crippen molar-refractivity contribution in [3.8, 4) is 28.0 Å². The number of phenols is 1. The van der Waals surface area contributed by atoms with Crippen molar-refractivity contribution in [1.29, 1.82) is 0 Å². The number of pyridine rings is 1. The predicted molar refractivity (Wildman–Crippen MR) is 76.8 cm³/mol. The van der Waals surface area contributed by atoms with Crippen LogP contribution in [0.25, 0.3) is 22.3 Å². The van der Waals surface area contributed by atoms with Gasteiger partial charge in [0.25, 0.3) is 0 Å². The van der Waals surface area contributed by atoms with Crippen LogP contribution in [0, 0.1) is 0 Å². The van der Waals surface area contributed by atoms with E-state index in [0.29, 0.717) is 0 Å². The molecular formula is C17H13NO. The molecule has 2 nitrogen and oxygen atoms in total. The molecule has 0 aliphatic heterocycles. The minimum absolute atomic E-state index is 0.283. The molecule has 2 aromatic carbocycles. The third-order valence-electron chi connectivity index (χ3n) is 3.10. The summed E-state index contributed by atoms with van der Waals surface area (Å²) in [6, 6.07) is 19.5. The van der Waals surface area contributed by atoms with Crippen LogP contribution in [0.4, 0.5) is 0 Å². The van der Waals surface area contributed by atoms with Crippen LogP contribution in [0.3, 0.4) is 0 Å². The molecule has 0 radical (unpaired) electrons. The third kappa shape index (κ3) is 2.33. The molecule has 19 heavy (non-hydrogen) atoms. The van der Waals surface area contributed by atoms with E-state index >= 15 is 0 Å². The molecule has 0 bridgehead atoms. The zero-order chi connectivity index (χ0) is 13.1. The van der Waals surface area contributed by atoms with Gasteiger partial charge in [0, 0.05) is 12.4 Å². The van der Waals surface area contributed by atoms with Gasteiger partial charge in [0.05, 0.1) is 0 Å². The van der Waals surface area contributed by atoms with Crippen molar-refractivity contribution in [3.05, 3.63) is 73.1 Å². The van der Waals surface area contributed by atoms with E-state index in [1.54, 1.807) is 24.5 Å². The summed E-state index contributed by atoms with van der Waals surface area (Å²) in [6.07, 6.45) is 3.59. The van der Waals surface area contributed by atoms with Crippen LogP contribution in [-0.2, 0) is 0 Å². The van der Waals surface area contributed by atoms with E-state index in [1.165, 1.54) is 0 Å². The molecule has 0 spiro atoms. The average molecular weight is 247 g/mol. The van der Waals surface area contributed by atoms with Crippen LogP contribution in [0.15, 0.2) is 73.1 Å². The Balaban J connectivity index is 2.15. The summed E-state index contributed by atoms with van der Waals surface area (Å²) in [7, 11) is 0. The highest BCUT2D eigenvalue weighted by Crippen LogP contribution is 2.32. The lowest BCUT2D eigenvalue weighted by molar-refractivity contribution is 0.475. The molecule has 0 amide bonds. The molecule has 0 aliphatic carbocycles. The summed E-state index contributed by atoms with van der Waals surface area (Å²) in [6.45, 7) is 0. The van der Waals surface area contributed by atoms with Gasteiger partial charge >= 0.3 is 0 Å². The molecule has 0 saturated carbocycles. The van der Waals surface area contributed by atoms with Gasteiger partial charge in [-0.15, -0.1) is 0 Å². The fraction of sp³-hybridized carbons (Fsp3) is 0. The first kappa shape index (κ1) is 11.5. The fourth-order valence-corrected chi connectivity index (χ4v) is 2.16. The van der Waals surface area contributed by atoms with Crippen molar-refractivity contribution in [2.75, 3.05) is 0 Å². The van der Waals surface area contributed by atoms with Crippen molar-refractivity contribution in [2.45, 2.75) is 0 Å². The second-order valence-electron chi connectivity index (χ2n) is 4.33. The maximum atomic E-state index is 9.38. The monoisotopic (exact) mass is 247 g/mol. The molecule has 1 N–H and O–H groups in total. The van der Waals surface area contributed by atoms with Gasteiger partial charge in [0.15, 0.2) is 0 Å². The van der Waals surface area contributed by atoms with Crippen molar-refractivity contribution >= 4 is 0 Å². The standard InChI is InChI=1S/C17H13NO/c19-15-7-5-13(6-8-15)16-3-1-2-4-17(16)14-9-11-18-12-10-14/h1-12,19H. The van der Waals surface area contributed by atoms with Crippen LogP contribution in [0.5, 0.6) is 5.75 Å². The topological polar surface area (TPSA) is 33.1 Å². The van der Waals surface area contributed by atoms with Crippen molar-refractivity contribution < 1.29 is 5.11 Å². The zero-order valence-electron chi connectivity index (χ0n) is 10.3. The second-order valence-corrected chi connectivity index (χ2v) is 4.33. The average Bonchev–Trinajstić information content (AvgIpc) is 2.49. The van der Waals surface area contributed by atoms with Crippen LogP contribution in [-0.4, -0.2) is 10.1 Å². The minimum atomic E-state index is 0.283. The Morgan fingerprint density at radius 3 is 1.74 bits per heavy atom. The summed E-state index contributed by atoms with van der Waals surface area (Å²) < 4.78 is 0. The number of phenolic OH excluding ortho intramolecular Hbond substituents is 1. The Kier molecular flexibility index (Phi) is 2.99. The number of aromatic hydroxyl groups is 1. The number of hydrogen-bond acceptors (Lipinski definition) is 2. The van der Waals surface area contributed by atoms with E-state index in [1.807, 2.05) is 36.4 Å². The molecule has 0 unspecified atom stereocenters. The van der Waals surface area contributed by atoms with Gasteiger partial charge in [-0.3, -0.25) is 4.98 Å². The van der Waals surface area contributed by atoms with Gasteiger partial charge in [-0.1, -0.05) is 36.4 Å². The van der Waals surface area contributed by atoms with Crippen molar-refractivity contribution in [2.24, 2.45) is 0 Å². The van der Waals surface area contributed by atoms with Crippen LogP contribution >= 0.6 is 0 Å². The van der Waals surface area contributed by atoms with E-state index in [0.717, 1.165) is 22.3 Å². The number of benzene rings is 2. The molecule has 3 rings (SSSR count). The summed E-state index contributed by atoms with van der Waals surface area (Å²) in [5, 5.41) is 9.38. The first-order valence-corrected chi connectivity index (χ1v) is 6.13. The van der Waals surface area contributed by atoms with Gasteiger partial charge in [0.2, 0.25) is 0 Å². The predicted octanol–water partition coefficient (Wildman–Crippen LogP) is 4.12. The molecule has 0 aliphatic rings. The summed E-state index contributed by atoms with van der Waals surface area (Å²) in [5.74, 6) is 0.283. The molecule has 1 heterocycles. The molecule has 0 saturated heterocycles. The van der Waals surface area contributed by atoms with Crippen LogP contribution < -0.4 is 0 Å². The summed E-state index contributed by atoms with van der Waals surface area (Å²) in [4.78, 5) is 4.05. The minimum Gasteiger partial charge on any atom is -0.508 e. The highest BCUT2D eigenvalue weighted by Gasteiger charge is 2.06. The largest absolute Gasteiger partial charge is 0.508 e. The fourth-order valence-electron chi connectivity index (χ4n) is 2.16. The third-order valence-corrected chi connectivity index (χ3v) is 3.10. The lowest BCUT2D eigenvalue weighted by atomic mass is 9.95. The van der Waals surface area contributed by atoms with Gasteiger partial charge < -0.3 is 5.11 Å². The molecule has 0 fully saturated rings. The maximum absolute atomic E-state index is 9.38. The van der Waals surface area contributed by atoms with E-state index in [9.17, 15) is 5.11 Å². The highest BCUT2D eigenvalue weighted by molar-refractivity contribution is 5.83. The molecule has 2 heteroatoms. The molecule has 1 aromatic heterocycles. The summed E-state index contributed by atoms with van der Waals surface area (Å²) >= 11 is 0. The lowest BCUT2D eigenvalue weighted by Gasteiger charge is -2.09. The SMILES string of the molecule is Oc1ccc(-c2ccccc2-c2ccncc2)cc1. The Morgan fingerprint density at radius 2 is 1.16 bits per heavy atom. The second kappa shape index (κ2) is 4.94. The Bertz CT molecular complexity index is 675. The lowest BCUT2D eigenvalue weighted by Crippen LogP contribution is -1.84. The Hall–Kier alpha value is -2.61. The Morgan fingerprint density at radius 1 is 0.632 bits per heavy atom. The quantitative estimate of drug-likeness (QED) is 0.738. The normalized spacial score (nSPS) is 10.3. The van der Waals surface area contributed by atoms with Crippen molar-refractivity contribution in [3.63, 3.8) is 0 Å². The number of rotatable bonds is 2. The van der Waals surface area contributed by atoms with Gasteiger partial charge in [-0.05, 0) is 46.5 Å². The molecule has 3 aromatic rings. The van der Waals surface area contributed by atoms with Crippen LogP contribution in [0.1, 0.15) is 0 Å². The Labute approximate surface area is 112 Å².